The van der Waals surface area contributed by atoms with E-state index in [0.29, 0.717) is 47.9 Å². The van der Waals surface area contributed by atoms with Gasteiger partial charge in [0.2, 0.25) is 11.8 Å². The maximum Gasteiger partial charge on any atom is 0.243 e. The van der Waals surface area contributed by atoms with Crippen molar-refractivity contribution >= 4 is 17.7 Å². The highest BCUT2D eigenvalue weighted by atomic mass is 32.2. The highest BCUT2D eigenvalue weighted by Crippen LogP contribution is 2.30. The van der Waals surface area contributed by atoms with Gasteiger partial charge >= 0.3 is 0 Å². The second-order valence-corrected chi connectivity index (χ2v) is 7.80. The average molecular weight is 461 g/mol. The van der Waals surface area contributed by atoms with Crippen molar-refractivity contribution in [1.29, 1.82) is 0 Å². The standard InChI is InChI=1S/C21H28N6O4S/c1-6-27-19(15-12-26(2)25-20(15)31-5)23-24-21(27)32-13-18(28)22-10-9-14-7-8-16(29-3)17(11-14)30-4/h7-8,11-12H,6,9-10,13H2,1-5H3,(H,22,28). The molecule has 0 saturated carbocycles. The lowest BCUT2D eigenvalue weighted by Gasteiger charge is -2.10. The molecule has 0 fully saturated rings. The normalized spacial score (nSPS) is 10.8. The minimum Gasteiger partial charge on any atom is -0.493 e. The quantitative estimate of drug-likeness (QED) is 0.434. The molecule has 0 aliphatic carbocycles. The molecule has 1 aromatic carbocycles. The van der Waals surface area contributed by atoms with Crippen molar-refractivity contribution in [3.63, 3.8) is 0 Å². The molecule has 3 rings (SSSR count). The predicted octanol–water partition coefficient (Wildman–Crippen LogP) is 2.18. The summed E-state index contributed by atoms with van der Waals surface area (Å²) in [5.74, 6) is 2.68. The first-order valence-corrected chi connectivity index (χ1v) is 11.1. The largest absolute Gasteiger partial charge is 0.493 e. The number of aryl methyl sites for hydroxylation is 1. The second-order valence-electron chi connectivity index (χ2n) is 6.85. The summed E-state index contributed by atoms with van der Waals surface area (Å²) in [5.41, 5.74) is 1.81. The Bertz CT molecular complexity index is 1060. The molecule has 10 nitrogen and oxygen atoms in total. The number of amides is 1. The lowest BCUT2D eigenvalue weighted by atomic mass is 10.1. The molecule has 1 amide bonds. The number of nitrogens with zero attached hydrogens (tertiary/aromatic N) is 5. The first-order valence-electron chi connectivity index (χ1n) is 10.1. The molecule has 172 valence electrons. The number of benzene rings is 1. The summed E-state index contributed by atoms with van der Waals surface area (Å²) in [7, 11) is 6.59. The molecule has 0 spiro atoms. The summed E-state index contributed by atoms with van der Waals surface area (Å²) in [4.78, 5) is 12.3. The molecule has 0 radical (unpaired) electrons. The van der Waals surface area contributed by atoms with Crippen LogP contribution in [-0.4, -0.2) is 64.1 Å². The molecular formula is C21H28N6O4S. The monoisotopic (exact) mass is 460 g/mol. The molecule has 0 saturated heterocycles. The number of carbonyl (C=O) groups excluding carboxylic acids is 1. The van der Waals surface area contributed by atoms with Crippen LogP contribution in [-0.2, 0) is 24.8 Å². The summed E-state index contributed by atoms with van der Waals surface area (Å²) < 4.78 is 19.5. The van der Waals surface area contributed by atoms with E-state index in [1.165, 1.54) is 11.8 Å². The van der Waals surface area contributed by atoms with Crippen molar-refractivity contribution in [3.8, 4) is 28.8 Å². The van der Waals surface area contributed by atoms with Gasteiger partial charge in [-0.1, -0.05) is 17.8 Å². The lowest BCUT2D eigenvalue weighted by Crippen LogP contribution is -2.27. The third kappa shape index (κ3) is 5.34. The minimum atomic E-state index is -0.0679. The van der Waals surface area contributed by atoms with Crippen LogP contribution in [0.15, 0.2) is 29.6 Å². The SMILES string of the molecule is CCn1c(SCC(=O)NCCc2ccc(OC)c(OC)c2)nnc1-c1cn(C)nc1OC. The number of hydrogen-bond donors (Lipinski definition) is 1. The number of methoxy groups -OCH3 is 3. The van der Waals surface area contributed by atoms with E-state index in [-0.39, 0.29) is 11.7 Å². The van der Waals surface area contributed by atoms with Gasteiger partial charge in [-0.05, 0) is 31.0 Å². The topological polar surface area (TPSA) is 105 Å². The molecular weight excluding hydrogens is 432 g/mol. The van der Waals surface area contributed by atoms with Crippen molar-refractivity contribution < 1.29 is 19.0 Å². The van der Waals surface area contributed by atoms with E-state index in [2.05, 4.69) is 20.6 Å². The molecule has 0 atom stereocenters. The molecule has 11 heteroatoms. The first kappa shape index (κ1) is 23.5. The Labute approximate surface area is 191 Å². The van der Waals surface area contributed by atoms with E-state index >= 15 is 0 Å². The van der Waals surface area contributed by atoms with Crippen molar-refractivity contribution in [2.24, 2.45) is 7.05 Å². The zero-order chi connectivity index (χ0) is 23.1. The van der Waals surface area contributed by atoms with Gasteiger partial charge in [0.1, 0.15) is 5.56 Å². The van der Waals surface area contributed by atoms with E-state index in [4.69, 9.17) is 14.2 Å². The fourth-order valence-electron chi connectivity index (χ4n) is 3.22. The molecule has 3 aromatic rings. The smallest absolute Gasteiger partial charge is 0.243 e. The number of nitrogens with one attached hydrogen (secondary N) is 1. The van der Waals surface area contributed by atoms with E-state index in [0.717, 1.165) is 11.1 Å². The fourth-order valence-corrected chi connectivity index (χ4v) is 4.05. The summed E-state index contributed by atoms with van der Waals surface area (Å²) in [6.45, 7) is 3.18. The molecule has 2 heterocycles. The number of carbonyl (C=O) groups is 1. The average Bonchev–Trinajstić information content (AvgIpc) is 3.39. The highest BCUT2D eigenvalue weighted by molar-refractivity contribution is 7.99. The number of rotatable bonds is 11. The van der Waals surface area contributed by atoms with Gasteiger partial charge in [-0.2, -0.15) is 0 Å². The van der Waals surface area contributed by atoms with Crippen LogP contribution >= 0.6 is 11.8 Å². The van der Waals surface area contributed by atoms with Crippen LogP contribution < -0.4 is 19.5 Å². The van der Waals surface area contributed by atoms with Gasteiger partial charge in [-0.15, -0.1) is 15.3 Å². The van der Waals surface area contributed by atoms with Crippen LogP contribution in [0, 0.1) is 0 Å². The van der Waals surface area contributed by atoms with Gasteiger partial charge in [0, 0.05) is 26.3 Å². The number of hydrogen-bond acceptors (Lipinski definition) is 8. The Kier molecular flexibility index (Phi) is 7.98. The zero-order valence-corrected chi connectivity index (χ0v) is 19.7. The molecule has 32 heavy (non-hydrogen) atoms. The Hall–Kier alpha value is -3.21. The van der Waals surface area contributed by atoms with Crippen LogP contribution in [0.25, 0.3) is 11.4 Å². The van der Waals surface area contributed by atoms with Crippen LogP contribution in [0.1, 0.15) is 12.5 Å². The van der Waals surface area contributed by atoms with Crippen molar-refractivity contribution in [2.75, 3.05) is 33.6 Å². The van der Waals surface area contributed by atoms with Crippen LogP contribution in [0.5, 0.6) is 17.4 Å². The second kappa shape index (κ2) is 10.9. The van der Waals surface area contributed by atoms with Gasteiger partial charge < -0.3 is 24.1 Å². The van der Waals surface area contributed by atoms with E-state index in [9.17, 15) is 4.79 Å². The Morgan fingerprint density at radius 1 is 1.12 bits per heavy atom. The molecule has 2 aromatic heterocycles. The van der Waals surface area contributed by atoms with Crippen molar-refractivity contribution in [2.45, 2.75) is 25.0 Å². The van der Waals surface area contributed by atoms with Crippen molar-refractivity contribution in [1.82, 2.24) is 29.9 Å². The third-order valence-corrected chi connectivity index (χ3v) is 5.75. The maximum atomic E-state index is 12.3. The summed E-state index contributed by atoms with van der Waals surface area (Å²) in [5, 5.41) is 16.4. The Balaban J connectivity index is 1.56. The van der Waals surface area contributed by atoms with Crippen molar-refractivity contribution in [3.05, 3.63) is 30.0 Å². The summed E-state index contributed by atoms with van der Waals surface area (Å²) in [6, 6.07) is 5.73. The first-order chi connectivity index (χ1) is 15.5. The van der Waals surface area contributed by atoms with Gasteiger partial charge in [-0.3, -0.25) is 9.48 Å². The van der Waals surface area contributed by atoms with Gasteiger partial charge in [0.25, 0.3) is 0 Å². The summed E-state index contributed by atoms with van der Waals surface area (Å²) in [6.07, 6.45) is 2.52. The third-order valence-electron chi connectivity index (χ3n) is 4.78. The fraction of sp³-hybridized carbons (Fsp3) is 0.429. The van der Waals surface area contributed by atoms with E-state index < -0.39 is 0 Å². The molecule has 0 bridgehead atoms. The molecule has 0 aliphatic heterocycles. The van der Waals surface area contributed by atoms with E-state index in [1.54, 1.807) is 26.0 Å². The maximum absolute atomic E-state index is 12.3. The molecule has 0 aliphatic rings. The minimum absolute atomic E-state index is 0.0679. The number of aromatic nitrogens is 5. The van der Waals surface area contributed by atoms with E-state index in [1.807, 2.05) is 42.9 Å². The Morgan fingerprint density at radius 3 is 2.59 bits per heavy atom. The zero-order valence-electron chi connectivity index (χ0n) is 18.9. The molecule has 0 unspecified atom stereocenters. The Morgan fingerprint density at radius 2 is 1.91 bits per heavy atom. The van der Waals surface area contributed by atoms with Gasteiger partial charge in [0.05, 0.1) is 27.1 Å². The van der Waals surface area contributed by atoms with Crippen LogP contribution in [0.2, 0.25) is 0 Å². The van der Waals surface area contributed by atoms with Crippen LogP contribution in [0.4, 0.5) is 0 Å². The number of ether oxygens (including phenoxy) is 3. The lowest BCUT2D eigenvalue weighted by molar-refractivity contribution is -0.118. The number of thioether (sulfide) groups is 1. The van der Waals surface area contributed by atoms with Crippen LogP contribution in [0.3, 0.4) is 0 Å². The predicted molar refractivity (Wildman–Crippen MR) is 121 cm³/mol. The summed E-state index contributed by atoms with van der Waals surface area (Å²) >= 11 is 1.35. The van der Waals surface area contributed by atoms with Gasteiger partial charge in [-0.25, -0.2) is 0 Å². The van der Waals surface area contributed by atoms with Gasteiger partial charge in [0.15, 0.2) is 22.5 Å². The highest BCUT2D eigenvalue weighted by Gasteiger charge is 2.20. The molecule has 1 N–H and O–H groups in total.